The van der Waals surface area contributed by atoms with E-state index < -0.39 is 0 Å². The van der Waals surface area contributed by atoms with Gasteiger partial charge in [-0.1, -0.05) is 5.16 Å². The van der Waals surface area contributed by atoms with Crippen LogP contribution in [0.5, 0.6) is 0 Å². The standard InChI is InChI=1S/C12H17N5O/c1-7(13-2)5-10-16-12(18-17-10)9-6-14-11(15-9)8-3-4-8/h6-8,13H,3-5H2,1-2H3,(H,14,15). The van der Waals surface area contributed by atoms with Crippen molar-refractivity contribution in [1.29, 1.82) is 0 Å². The van der Waals surface area contributed by atoms with E-state index in [0.29, 0.717) is 17.9 Å². The van der Waals surface area contributed by atoms with Crippen LogP contribution in [0.15, 0.2) is 10.7 Å². The molecule has 1 saturated carbocycles. The summed E-state index contributed by atoms with van der Waals surface area (Å²) in [7, 11) is 1.92. The van der Waals surface area contributed by atoms with Crippen LogP contribution in [0.1, 0.15) is 37.3 Å². The van der Waals surface area contributed by atoms with Crippen molar-refractivity contribution in [2.75, 3.05) is 7.05 Å². The number of nitrogens with one attached hydrogen (secondary N) is 2. The largest absolute Gasteiger partial charge is 0.338 e. The van der Waals surface area contributed by atoms with Gasteiger partial charge in [-0.05, 0) is 26.8 Å². The van der Waals surface area contributed by atoms with Crippen molar-refractivity contribution in [3.8, 4) is 11.6 Å². The molecule has 1 aliphatic carbocycles. The summed E-state index contributed by atoms with van der Waals surface area (Å²) >= 11 is 0. The molecular weight excluding hydrogens is 230 g/mol. The highest BCUT2D eigenvalue weighted by Gasteiger charge is 2.27. The Bertz CT molecular complexity index is 528. The Hall–Kier alpha value is -1.69. The fourth-order valence-corrected chi connectivity index (χ4v) is 1.83. The Labute approximate surface area is 105 Å². The summed E-state index contributed by atoms with van der Waals surface area (Å²) in [5, 5.41) is 7.12. The topological polar surface area (TPSA) is 79.6 Å². The molecule has 6 nitrogen and oxygen atoms in total. The van der Waals surface area contributed by atoms with Gasteiger partial charge >= 0.3 is 0 Å². The molecule has 96 valence electrons. The summed E-state index contributed by atoms with van der Waals surface area (Å²) < 4.78 is 5.25. The van der Waals surface area contributed by atoms with Gasteiger partial charge < -0.3 is 14.8 Å². The van der Waals surface area contributed by atoms with Gasteiger partial charge in [0.05, 0.1) is 6.20 Å². The van der Waals surface area contributed by atoms with Crippen LogP contribution < -0.4 is 5.32 Å². The van der Waals surface area contributed by atoms with Crippen LogP contribution in [-0.4, -0.2) is 33.2 Å². The molecule has 0 saturated heterocycles. The van der Waals surface area contributed by atoms with Gasteiger partial charge in [0.25, 0.3) is 5.89 Å². The van der Waals surface area contributed by atoms with Crippen LogP contribution in [0.25, 0.3) is 11.6 Å². The third-order valence-corrected chi connectivity index (χ3v) is 3.24. The minimum absolute atomic E-state index is 0.333. The zero-order valence-electron chi connectivity index (χ0n) is 10.6. The molecule has 3 rings (SSSR count). The summed E-state index contributed by atoms with van der Waals surface area (Å²) in [6, 6.07) is 0.333. The number of H-pyrrole nitrogens is 1. The molecule has 2 heterocycles. The minimum atomic E-state index is 0.333. The Kier molecular flexibility index (Phi) is 2.87. The van der Waals surface area contributed by atoms with Gasteiger partial charge in [0.15, 0.2) is 5.82 Å². The molecule has 0 amide bonds. The van der Waals surface area contributed by atoms with E-state index >= 15 is 0 Å². The van der Waals surface area contributed by atoms with Crippen molar-refractivity contribution in [2.24, 2.45) is 0 Å². The molecule has 0 aliphatic heterocycles. The van der Waals surface area contributed by atoms with Crippen molar-refractivity contribution in [3.05, 3.63) is 17.8 Å². The lowest BCUT2D eigenvalue weighted by Gasteiger charge is -2.04. The maximum atomic E-state index is 5.25. The lowest BCUT2D eigenvalue weighted by Crippen LogP contribution is -2.24. The molecule has 6 heteroatoms. The zero-order valence-corrected chi connectivity index (χ0v) is 10.6. The molecule has 1 fully saturated rings. The van der Waals surface area contributed by atoms with Crippen LogP contribution in [0.2, 0.25) is 0 Å². The second kappa shape index (κ2) is 4.53. The smallest absolute Gasteiger partial charge is 0.275 e. The number of imidazole rings is 1. The van der Waals surface area contributed by atoms with Crippen LogP contribution >= 0.6 is 0 Å². The maximum Gasteiger partial charge on any atom is 0.275 e. The highest BCUT2D eigenvalue weighted by molar-refractivity contribution is 5.45. The molecule has 1 aliphatic rings. The third-order valence-electron chi connectivity index (χ3n) is 3.24. The van der Waals surface area contributed by atoms with E-state index in [9.17, 15) is 0 Å². The third kappa shape index (κ3) is 2.28. The first-order valence-corrected chi connectivity index (χ1v) is 6.31. The van der Waals surface area contributed by atoms with Crippen molar-refractivity contribution in [3.63, 3.8) is 0 Å². The fourth-order valence-electron chi connectivity index (χ4n) is 1.83. The highest BCUT2D eigenvalue weighted by Crippen LogP contribution is 2.38. The van der Waals surface area contributed by atoms with E-state index in [-0.39, 0.29) is 0 Å². The Morgan fingerprint density at radius 3 is 3.11 bits per heavy atom. The number of nitrogens with zero attached hydrogens (tertiary/aromatic N) is 3. The summed E-state index contributed by atoms with van der Waals surface area (Å²) in [6.45, 7) is 2.08. The number of aromatic nitrogens is 4. The summed E-state index contributed by atoms with van der Waals surface area (Å²) in [4.78, 5) is 12.0. The van der Waals surface area contributed by atoms with Crippen LogP contribution in [0.4, 0.5) is 0 Å². The van der Waals surface area contributed by atoms with Gasteiger partial charge in [0.2, 0.25) is 0 Å². The summed E-state index contributed by atoms with van der Waals surface area (Å²) in [5.41, 5.74) is 0.813. The van der Waals surface area contributed by atoms with E-state index in [0.717, 1.165) is 23.8 Å². The quantitative estimate of drug-likeness (QED) is 0.836. The lowest BCUT2D eigenvalue weighted by atomic mass is 10.2. The van der Waals surface area contributed by atoms with Gasteiger partial charge in [-0.2, -0.15) is 4.98 Å². The molecule has 18 heavy (non-hydrogen) atoms. The van der Waals surface area contributed by atoms with Gasteiger partial charge in [-0.3, -0.25) is 0 Å². The van der Waals surface area contributed by atoms with Crippen LogP contribution in [-0.2, 0) is 6.42 Å². The second-order valence-corrected chi connectivity index (χ2v) is 4.87. The Morgan fingerprint density at radius 2 is 2.39 bits per heavy atom. The Balaban J connectivity index is 1.74. The van der Waals surface area contributed by atoms with Gasteiger partial charge in [-0.25, -0.2) is 4.98 Å². The van der Waals surface area contributed by atoms with E-state index in [4.69, 9.17) is 4.52 Å². The normalized spacial score (nSPS) is 17.0. The number of rotatable bonds is 5. The average molecular weight is 247 g/mol. The first-order valence-electron chi connectivity index (χ1n) is 6.31. The average Bonchev–Trinajstić information content (AvgIpc) is 2.92. The molecule has 1 unspecified atom stereocenters. The minimum Gasteiger partial charge on any atom is -0.338 e. The number of hydrogen-bond donors (Lipinski definition) is 2. The molecule has 0 radical (unpaired) electrons. The van der Waals surface area contributed by atoms with Gasteiger partial charge in [0.1, 0.15) is 11.5 Å². The molecule has 0 bridgehead atoms. The monoisotopic (exact) mass is 247 g/mol. The molecular formula is C12H17N5O. The predicted molar refractivity (Wildman–Crippen MR) is 66.1 cm³/mol. The molecule has 1 atom stereocenters. The number of aromatic amines is 1. The fraction of sp³-hybridized carbons (Fsp3) is 0.583. The second-order valence-electron chi connectivity index (χ2n) is 4.87. The van der Waals surface area contributed by atoms with Crippen LogP contribution in [0.3, 0.4) is 0 Å². The van der Waals surface area contributed by atoms with E-state index in [1.165, 1.54) is 12.8 Å². The highest BCUT2D eigenvalue weighted by atomic mass is 16.5. The van der Waals surface area contributed by atoms with Crippen molar-refractivity contribution in [1.82, 2.24) is 25.4 Å². The molecule has 2 N–H and O–H groups in total. The first-order chi connectivity index (χ1) is 8.76. The predicted octanol–water partition coefficient (Wildman–Crippen LogP) is 1.49. The molecule has 2 aromatic rings. The Morgan fingerprint density at radius 1 is 1.56 bits per heavy atom. The van der Waals surface area contributed by atoms with Gasteiger partial charge in [0, 0.05) is 18.4 Å². The van der Waals surface area contributed by atoms with E-state index in [1.807, 2.05) is 7.05 Å². The van der Waals surface area contributed by atoms with E-state index in [1.54, 1.807) is 6.20 Å². The van der Waals surface area contributed by atoms with Crippen molar-refractivity contribution in [2.45, 2.75) is 38.1 Å². The van der Waals surface area contributed by atoms with Crippen molar-refractivity contribution >= 4 is 0 Å². The van der Waals surface area contributed by atoms with E-state index in [2.05, 4.69) is 32.3 Å². The lowest BCUT2D eigenvalue weighted by molar-refractivity contribution is 0.417. The van der Waals surface area contributed by atoms with Gasteiger partial charge in [-0.15, -0.1) is 0 Å². The molecule has 0 aromatic carbocycles. The molecule has 2 aromatic heterocycles. The zero-order chi connectivity index (χ0) is 12.5. The van der Waals surface area contributed by atoms with Crippen LogP contribution in [0, 0.1) is 0 Å². The first kappa shape index (κ1) is 11.4. The maximum absolute atomic E-state index is 5.25. The van der Waals surface area contributed by atoms with Crippen molar-refractivity contribution < 1.29 is 4.52 Å². The SMILES string of the molecule is CNC(C)Cc1noc(-c2cnc(C3CC3)[nH]2)n1. The molecule has 0 spiro atoms. The summed E-state index contributed by atoms with van der Waals surface area (Å²) in [5.74, 6) is 2.88. The number of hydrogen-bond acceptors (Lipinski definition) is 5. The summed E-state index contributed by atoms with van der Waals surface area (Å²) in [6.07, 6.45) is 4.97. The number of likely N-dealkylation sites (N-methyl/N-ethyl adjacent to an activating group) is 1.